The van der Waals surface area contributed by atoms with E-state index in [1.165, 1.54) is 11.3 Å². The molecule has 3 N–H and O–H groups in total. The van der Waals surface area contributed by atoms with Gasteiger partial charge in [0.25, 0.3) is 0 Å². The van der Waals surface area contributed by atoms with Gasteiger partial charge in [0.1, 0.15) is 0 Å². The molecule has 0 saturated heterocycles. The van der Waals surface area contributed by atoms with Crippen molar-refractivity contribution in [1.82, 2.24) is 0 Å². The SMILES string of the molecule is CCN(CC(C)C(=N)N)c1ccccc1C. The van der Waals surface area contributed by atoms with E-state index >= 15 is 0 Å². The van der Waals surface area contributed by atoms with Gasteiger partial charge < -0.3 is 10.6 Å². The number of rotatable bonds is 5. The highest BCUT2D eigenvalue weighted by Gasteiger charge is 2.12. The number of hydrogen-bond donors (Lipinski definition) is 2. The molecule has 3 heteroatoms. The zero-order chi connectivity index (χ0) is 12.1. The number of nitrogens with two attached hydrogens (primary N) is 1. The van der Waals surface area contributed by atoms with Crippen LogP contribution in [-0.2, 0) is 0 Å². The third-order valence-electron chi connectivity index (χ3n) is 2.86. The van der Waals surface area contributed by atoms with Crippen molar-refractivity contribution in [2.75, 3.05) is 18.0 Å². The lowest BCUT2D eigenvalue weighted by molar-refractivity contribution is 0.696. The van der Waals surface area contributed by atoms with Crippen LogP contribution in [0.4, 0.5) is 5.69 Å². The molecule has 0 bridgehead atoms. The fourth-order valence-electron chi connectivity index (χ4n) is 1.74. The zero-order valence-electron chi connectivity index (χ0n) is 10.3. The minimum atomic E-state index is 0.0968. The summed E-state index contributed by atoms with van der Waals surface area (Å²) in [4.78, 5) is 2.27. The minimum Gasteiger partial charge on any atom is -0.387 e. The molecule has 0 spiro atoms. The lowest BCUT2D eigenvalue weighted by Crippen LogP contribution is -2.34. The van der Waals surface area contributed by atoms with Crippen LogP contribution in [0.25, 0.3) is 0 Å². The average Bonchev–Trinajstić information content (AvgIpc) is 2.26. The quantitative estimate of drug-likeness (QED) is 0.590. The summed E-state index contributed by atoms with van der Waals surface area (Å²) in [6.07, 6.45) is 0. The molecule has 1 aromatic carbocycles. The van der Waals surface area contributed by atoms with Crippen molar-refractivity contribution in [1.29, 1.82) is 5.41 Å². The lowest BCUT2D eigenvalue weighted by atomic mass is 10.1. The molecule has 16 heavy (non-hydrogen) atoms. The molecule has 0 aliphatic carbocycles. The second-order valence-corrected chi connectivity index (χ2v) is 4.18. The molecule has 0 aliphatic heterocycles. The van der Waals surface area contributed by atoms with Gasteiger partial charge in [-0.2, -0.15) is 0 Å². The van der Waals surface area contributed by atoms with Crippen molar-refractivity contribution in [2.24, 2.45) is 11.7 Å². The highest BCUT2D eigenvalue weighted by atomic mass is 15.1. The van der Waals surface area contributed by atoms with Crippen LogP contribution in [0.3, 0.4) is 0 Å². The van der Waals surface area contributed by atoms with Crippen LogP contribution in [0.5, 0.6) is 0 Å². The first-order valence-electron chi connectivity index (χ1n) is 5.70. The number of para-hydroxylation sites is 1. The molecule has 0 aliphatic rings. The molecule has 0 fully saturated rings. The molecule has 1 rings (SSSR count). The van der Waals surface area contributed by atoms with Crippen LogP contribution >= 0.6 is 0 Å². The maximum absolute atomic E-state index is 7.44. The molecule has 88 valence electrons. The summed E-state index contributed by atoms with van der Waals surface area (Å²) in [7, 11) is 0. The Morgan fingerprint density at radius 3 is 2.56 bits per heavy atom. The molecule has 0 aromatic heterocycles. The number of nitrogens with one attached hydrogen (secondary N) is 1. The first-order chi connectivity index (χ1) is 7.56. The molecule has 0 saturated carbocycles. The Morgan fingerprint density at radius 2 is 2.06 bits per heavy atom. The van der Waals surface area contributed by atoms with Crippen molar-refractivity contribution in [3.05, 3.63) is 29.8 Å². The predicted molar refractivity (Wildman–Crippen MR) is 70.1 cm³/mol. The van der Waals surface area contributed by atoms with E-state index in [4.69, 9.17) is 11.1 Å². The summed E-state index contributed by atoms with van der Waals surface area (Å²) in [5.41, 5.74) is 8.01. The van der Waals surface area contributed by atoms with E-state index < -0.39 is 0 Å². The van der Waals surface area contributed by atoms with E-state index in [9.17, 15) is 0 Å². The van der Waals surface area contributed by atoms with Gasteiger partial charge >= 0.3 is 0 Å². The maximum Gasteiger partial charge on any atom is 0.0952 e. The predicted octanol–water partition coefficient (Wildman–Crippen LogP) is 2.39. The van der Waals surface area contributed by atoms with Gasteiger partial charge in [0, 0.05) is 24.7 Å². The van der Waals surface area contributed by atoms with Gasteiger partial charge in [0.05, 0.1) is 5.84 Å². The van der Waals surface area contributed by atoms with E-state index in [2.05, 4.69) is 30.9 Å². The summed E-state index contributed by atoms with van der Waals surface area (Å²) < 4.78 is 0. The normalized spacial score (nSPS) is 12.2. The van der Waals surface area contributed by atoms with Crippen molar-refractivity contribution in [3.63, 3.8) is 0 Å². The van der Waals surface area contributed by atoms with Crippen LogP contribution in [-0.4, -0.2) is 18.9 Å². The van der Waals surface area contributed by atoms with Crippen LogP contribution in [0, 0.1) is 18.3 Å². The number of benzene rings is 1. The molecule has 0 radical (unpaired) electrons. The Morgan fingerprint density at radius 1 is 1.44 bits per heavy atom. The van der Waals surface area contributed by atoms with E-state index in [1.54, 1.807) is 0 Å². The maximum atomic E-state index is 7.44. The van der Waals surface area contributed by atoms with Crippen LogP contribution in [0.2, 0.25) is 0 Å². The second kappa shape index (κ2) is 5.54. The third-order valence-corrected chi connectivity index (χ3v) is 2.86. The number of amidine groups is 1. The standard InChI is InChI=1S/C13H21N3/c1-4-16(9-11(3)13(14)15)12-8-6-5-7-10(12)2/h5-8,11H,4,9H2,1-3H3,(H3,14,15). The molecule has 0 amide bonds. The lowest BCUT2D eigenvalue weighted by Gasteiger charge is -2.27. The van der Waals surface area contributed by atoms with Crippen molar-refractivity contribution < 1.29 is 0 Å². The Hall–Kier alpha value is -1.51. The summed E-state index contributed by atoms with van der Waals surface area (Å²) >= 11 is 0. The summed E-state index contributed by atoms with van der Waals surface area (Å²) in [6, 6.07) is 8.31. The molecular formula is C13H21N3. The smallest absolute Gasteiger partial charge is 0.0952 e. The monoisotopic (exact) mass is 219 g/mol. The summed E-state index contributed by atoms with van der Waals surface area (Å²) in [6.45, 7) is 7.96. The first-order valence-corrected chi connectivity index (χ1v) is 5.70. The van der Waals surface area contributed by atoms with Crippen molar-refractivity contribution >= 4 is 11.5 Å². The summed E-state index contributed by atoms with van der Waals surface area (Å²) in [5, 5.41) is 7.44. The van der Waals surface area contributed by atoms with Crippen LogP contribution in [0.15, 0.2) is 24.3 Å². The third kappa shape index (κ3) is 2.99. The summed E-state index contributed by atoms with van der Waals surface area (Å²) in [5.74, 6) is 0.353. The van der Waals surface area contributed by atoms with E-state index in [1.807, 2.05) is 19.1 Å². The van der Waals surface area contributed by atoms with E-state index in [-0.39, 0.29) is 11.8 Å². The van der Waals surface area contributed by atoms with Crippen LogP contribution < -0.4 is 10.6 Å². The Balaban J connectivity index is 2.83. The fourth-order valence-corrected chi connectivity index (χ4v) is 1.74. The molecule has 1 unspecified atom stereocenters. The van der Waals surface area contributed by atoms with Gasteiger partial charge in [0.2, 0.25) is 0 Å². The molecule has 3 nitrogen and oxygen atoms in total. The van der Waals surface area contributed by atoms with Crippen molar-refractivity contribution in [2.45, 2.75) is 20.8 Å². The van der Waals surface area contributed by atoms with Gasteiger partial charge in [-0.1, -0.05) is 25.1 Å². The molecule has 1 atom stereocenters. The van der Waals surface area contributed by atoms with Crippen molar-refractivity contribution in [3.8, 4) is 0 Å². The second-order valence-electron chi connectivity index (χ2n) is 4.18. The van der Waals surface area contributed by atoms with E-state index in [0.717, 1.165) is 13.1 Å². The van der Waals surface area contributed by atoms with Gasteiger partial charge in [-0.05, 0) is 25.5 Å². The Kier molecular flexibility index (Phi) is 4.35. The van der Waals surface area contributed by atoms with E-state index in [0.29, 0.717) is 0 Å². The number of aryl methyl sites for hydroxylation is 1. The highest BCUT2D eigenvalue weighted by molar-refractivity contribution is 5.80. The zero-order valence-corrected chi connectivity index (χ0v) is 10.3. The van der Waals surface area contributed by atoms with Gasteiger partial charge in [-0.3, -0.25) is 5.41 Å². The highest BCUT2D eigenvalue weighted by Crippen LogP contribution is 2.20. The minimum absolute atomic E-state index is 0.0968. The average molecular weight is 219 g/mol. The fraction of sp³-hybridized carbons (Fsp3) is 0.462. The number of hydrogen-bond acceptors (Lipinski definition) is 2. The topological polar surface area (TPSA) is 53.1 Å². The number of anilines is 1. The first kappa shape index (κ1) is 12.6. The van der Waals surface area contributed by atoms with Gasteiger partial charge in [-0.15, -0.1) is 0 Å². The largest absolute Gasteiger partial charge is 0.387 e. The molecular weight excluding hydrogens is 198 g/mol. The van der Waals surface area contributed by atoms with Crippen LogP contribution in [0.1, 0.15) is 19.4 Å². The van der Waals surface area contributed by atoms with Gasteiger partial charge in [-0.25, -0.2) is 0 Å². The Bertz CT molecular complexity index is 360. The molecule has 1 aromatic rings. The van der Waals surface area contributed by atoms with Gasteiger partial charge in [0.15, 0.2) is 0 Å². The number of nitrogens with zero attached hydrogens (tertiary/aromatic N) is 1. The Labute approximate surface area is 97.8 Å². The molecule has 0 heterocycles.